The Morgan fingerprint density at radius 3 is 2.65 bits per heavy atom. The van der Waals surface area contributed by atoms with Gasteiger partial charge in [0.2, 0.25) is 5.91 Å². The van der Waals surface area contributed by atoms with Crippen LogP contribution in [0.4, 0.5) is 15.8 Å². The van der Waals surface area contributed by atoms with E-state index in [1.165, 1.54) is 6.07 Å². The van der Waals surface area contributed by atoms with E-state index >= 15 is 0 Å². The van der Waals surface area contributed by atoms with Crippen molar-refractivity contribution in [2.75, 3.05) is 17.2 Å². The van der Waals surface area contributed by atoms with E-state index < -0.39 is 0 Å². The van der Waals surface area contributed by atoms with Gasteiger partial charge in [0.05, 0.1) is 6.54 Å². The Hall–Kier alpha value is -2.36. The van der Waals surface area contributed by atoms with E-state index in [2.05, 4.69) is 10.6 Å². The van der Waals surface area contributed by atoms with Crippen molar-refractivity contribution in [3.63, 3.8) is 0 Å². The minimum absolute atomic E-state index is 0.0955. The molecule has 0 fully saturated rings. The van der Waals surface area contributed by atoms with Crippen LogP contribution in [0, 0.1) is 19.7 Å². The number of aryl methyl sites for hydroxylation is 1. The summed E-state index contributed by atoms with van der Waals surface area (Å²) in [6, 6.07) is 12.3. The molecule has 1 amide bonds. The minimum atomic E-state index is -0.283. The molecule has 0 spiro atoms. The fourth-order valence-electron chi connectivity index (χ4n) is 1.90. The first-order valence-electron chi connectivity index (χ1n) is 6.42. The van der Waals surface area contributed by atoms with Gasteiger partial charge in [0, 0.05) is 16.9 Å². The van der Waals surface area contributed by atoms with Crippen molar-refractivity contribution in [3.05, 3.63) is 59.4 Å². The number of hydrogen-bond donors (Lipinski definition) is 2. The van der Waals surface area contributed by atoms with Crippen molar-refractivity contribution >= 4 is 17.3 Å². The fourth-order valence-corrected chi connectivity index (χ4v) is 1.90. The molecule has 2 N–H and O–H groups in total. The van der Waals surface area contributed by atoms with Crippen LogP contribution in [0.3, 0.4) is 0 Å². The molecule has 0 saturated carbocycles. The monoisotopic (exact) mass is 272 g/mol. The van der Waals surface area contributed by atoms with Crippen LogP contribution in [-0.4, -0.2) is 12.5 Å². The number of halogens is 1. The van der Waals surface area contributed by atoms with Crippen LogP contribution in [0.5, 0.6) is 0 Å². The van der Waals surface area contributed by atoms with Crippen molar-refractivity contribution in [2.45, 2.75) is 13.8 Å². The highest BCUT2D eigenvalue weighted by atomic mass is 19.1. The molecule has 0 heterocycles. The van der Waals surface area contributed by atoms with Crippen LogP contribution >= 0.6 is 0 Å². The third-order valence-corrected chi connectivity index (χ3v) is 3.01. The second kappa shape index (κ2) is 6.19. The highest BCUT2D eigenvalue weighted by Crippen LogP contribution is 2.17. The number of benzene rings is 2. The summed E-state index contributed by atoms with van der Waals surface area (Å²) in [5, 5.41) is 5.73. The van der Waals surface area contributed by atoms with Crippen molar-refractivity contribution in [1.82, 2.24) is 0 Å². The van der Waals surface area contributed by atoms with Crippen molar-refractivity contribution < 1.29 is 9.18 Å². The lowest BCUT2D eigenvalue weighted by Gasteiger charge is -2.10. The Labute approximate surface area is 117 Å². The second-order valence-electron chi connectivity index (χ2n) is 4.68. The fraction of sp³-hybridized carbons (Fsp3) is 0.188. The third kappa shape index (κ3) is 3.57. The number of carbonyl (C=O) groups is 1. The minimum Gasteiger partial charge on any atom is -0.376 e. The Morgan fingerprint density at radius 1 is 1.15 bits per heavy atom. The largest absolute Gasteiger partial charge is 0.376 e. The normalized spacial score (nSPS) is 10.2. The zero-order chi connectivity index (χ0) is 14.5. The lowest BCUT2D eigenvalue weighted by atomic mass is 10.2. The Balaban J connectivity index is 1.94. The van der Waals surface area contributed by atoms with E-state index in [9.17, 15) is 9.18 Å². The number of carbonyl (C=O) groups excluding carboxylic acids is 1. The number of nitrogens with one attached hydrogen (secondary N) is 2. The molecule has 2 rings (SSSR count). The number of rotatable bonds is 4. The lowest BCUT2D eigenvalue weighted by molar-refractivity contribution is -0.114. The summed E-state index contributed by atoms with van der Waals surface area (Å²) < 4.78 is 13.4. The quantitative estimate of drug-likeness (QED) is 0.894. The van der Waals surface area contributed by atoms with Gasteiger partial charge in [-0.15, -0.1) is 0 Å². The predicted molar refractivity (Wildman–Crippen MR) is 79.4 cm³/mol. The van der Waals surface area contributed by atoms with Crippen LogP contribution in [0.2, 0.25) is 0 Å². The number of amides is 1. The molecule has 0 aromatic heterocycles. The van der Waals surface area contributed by atoms with Crippen LogP contribution in [-0.2, 0) is 4.79 Å². The third-order valence-electron chi connectivity index (χ3n) is 3.01. The van der Waals surface area contributed by atoms with Gasteiger partial charge in [0.15, 0.2) is 0 Å². The molecule has 2 aromatic rings. The van der Waals surface area contributed by atoms with Crippen LogP contribution in [0.15, 0.2) is 42.5 Å². The molecule has 0 unspecified atom stereocenters. The Morgan fingerprint density at radius 2 is 1.90 bits per heavy atom. The van der Waals surface area contributed by atoms with Gasteiger partial charge in [-0.05, 0) is 43.7 Å². The lowest BCUT2D eigenvalue weighted by Crippen LogP contribution is -2.22. The second-order valence-corrected chi connectivity index (χ2v) is 4.68. The molecule has 3 nitrogen and oxygen atoms in total. The van der Waals surface area contributed by atoms with Crippen molar-refractivity contribution in [2.24, 2.45) is 0 Å². The Bertz CT molecular complexity index is 626. The molecule has 0 aliphatic heterocycles. The average Bonchev–Trinajstić information content (AvgIpc) is 2.40. The van der Waals surface area contributed by atoms with E-state index in [0.717, 1.165) is 11.3 Å². The van der Waals surface area contributed by atoms with Gasteiger partial charge in [0.25, 0.3) is 0 Å². The first kappa shape index (κ1) is 14.1. The van der Waals surface area contributed by atoms with Gasteiger partial charge in [-0.25, -0.2) is 4.39 Å². The van der Waals surface area contributed by atoms with Crippen LogP contribution in [0.25, 0.3) is 0 Å². The summed E-state index contributed by atoms with van der Waals surface area (Å²) in [5.41, 5.74) is 2.98. The number of hydrogen-bond acceptors (Lipinski definition) is 2. The number of anilines is 2. The zero-order valence-corrected chi connectivity index (χ0v) is 11.5. The summed E-state index contributed by atoms with van der Waals surface area (Å²) in [6.45, 7) is 3.73. The molecule has 20 heavy (non-hydrogen) atoms. The van der Waals surface area contributed by atoms with Gasteiger partial charge in [-0.3, -0.25) is 4.79 Å². The molecule has 0 aliphatic carbocycles. The van der Waals surface area contributed by atoms with Crippen molar-refractivity contribution in [1.29, 1.82) is 0 Å². The molecule has 0 aliphatic rings. The molecular weight excluding hydrogens is 255 g/mol. The van der Waals surface area contributed by atoms with E-state index in [0.29, 0.717) is 11.3 Å². The average molecular weight is 272 g/mol. The van der Waals surface area contributed by atoms with Gasteiger partial charge in [-0.1, -0.05) is 18.2 Å². The smallest absolute Gasteiger partial charge is 0.243 e. The first-order chi connectivity index (χ1) is 9.56. The van der Waals surface area contributed by atoms with Gasteiger partial charge >= 0.3 is 0 Å². The molecule has 0 atom stereocenters. The molecular formula is C16H17FN2O. The molecule has 2 aromatic carbocycles. The summed E-state index contributed by atoms with van der Waals surface area (Å²) in [5.74, 6) is -0.451. The van der Waals surface area contributed by atoms with Gasteiger partial charge in [-0.2, -0.15) is 0 Å². The van der Waals surface area contributed by atoms with E-state index in [-0.39, 0.29) is 18.3 Å². The molecule has 0 radical (unpaired) electrons. The highest BCUT2D eigenvalue weighted by Gasteiger charge is 2.06. The van der Waals surface area contributed by atoms with Gasteiger partial charge in [0.1, 0.15) is 5.82 Å². The van der Waals surface area contributed by atoms with Crippen LogP contribution in [0.1, 0.15) is 11.1 Å². The predicted octanol–water partition coefficient (Wildman–Crippen LogP) is 3.49. The van der Waals surface area contributed by atoms with E-state index in [1.807, 2.05) is 31.2 Å². The van der Waals surface area contributed by atoms with Gasteiger partial charge < -0.3 is 10.6 Å². The van der Waals surface area contributed by atoms with E-state index in [4.69, 9.17) is 0 Å². The molecule has 104 valence electrons. The molecule has 0 saturated heterocycles. The zero-order valence-electron chi connectivity index (χ0n) is 11.5. The standard InChI is InChI=1S/C16H17FN2O/c1-11-5-3-6-13(9-11)19-16(20)10-18-15-8-4-7-14(17)12(15)2/h3-9,18H,10H2,1-2H3,(H,19,20). The topological polar surface area (TPSA) is 41.1 Å². The first-order valence-corrected chi connectivity index (χ1v) is 6.42. The summed E-state index contributed by atoms with van der Waals surface area (Å²) in [7, 11) is 0. The molecule has 0 bridgehead atoms. The maximum atomic E-state index is 13.4. The summed E-state index contributed by atoms with van der Waals surface area (Å²) in [4.78, 5) is 11.8. The SMILES string of the molecule is Cc1cccc(NC(=O)CNc2cccc(F)c2C)c1. The van der Waals surface area contributed by atoms with Crippen molar-refractivity contribution in [3.8, 4) is 0 Å². The highest BCUT2D eigenvalue weighted by molar-refractivity contribution is 5.93. The summed E-state index contributed by atoms with van der Waals surface area (Å²) >= 11 is 0. The Kier molecular flexibility index (Phi) is 4.35. The summed E-state index contributed by atoms with van der Waals surface area (Å²) in [6.07, 6.45) is 0. The van der Waals surface area contributed by atoms with Crippen LogP contribution < -0.4 is 10.6 Å². The van der Waals surface area contributed by atoms with E-state index in [1.54, 1.807) is 19.1 Å². The maximum Gasteiger partial charge on any atom is 0.243 e. The maximum absolute atomic E-state index is 13.4. The molecule has 4 heteroatoms.